The minimum absolute atomic E-state index is 0.0379. The van der Waals surface area contributed by atoms with Gasteiger partial charge in [-0.15, -0.1) is 0 Å². The molecule has 104 valence electrons. The smallest absolute Gasteiger partial charge is 0.253 e. The van der Waals surface area contributed by atoms with Crippen LogP contribution in [0.25, 0.3) is 0 Å². The van der Waals surface area contributed by atoms with E-state index in [0.29, 0.717) is 5.92 Å². The van der Waals surface area contributed by atoms with Crippen LogP contribution in [0.15, 0.2) is 24.3 Å². The Kier molecular flexibility index (Phi) is 4.83. The van der Waals surface area contributed by atoms with E-state index in [2.05, 4.69) is 17.6 Å². The molecular formula is C16H24N2O. The van der Waals surface area contributed by atoms with Gasteiger partial charge in [0.2, 0.25) is 0 Å². The van der Waals surface area contributed by atoms with Crippen molar-refractivity contribution >= 4 is 11.6 Å². The third kappa shape index (κ3) is 3.49. The van der Waals surface area contributed by atoms with Gasteiger partial charge < -0.3 is 10.6 Å². The van der Waals surface area contributed by atoms with Gasteiger partial charge in [0.05, 0.1) is 5.56 Å². The number of nitrogens with one attached hydrogen (secondary N) is 2. The molecule has 2 rings (SSSR count). The van der Waals surface area contributed by atoms with Crippen molar-refractivity contribution in [2.24, 2.45) is 5.92 Å². The van der Waals surface area contributed by atoms with Crippen molar-refractivity contribution in [3.63, 3.8) is 0 Å². The van der Waals surface area contributed by atoms with Crippen LogP contribution in [0.3, 0.4) is 0 Å². The SMILES string of the molecule is CCNc1ccccc1C(=O)N[C@H](C)C1CCCC1. The molecule has 1 aliphatic carbocycles. The summed E-state index contributed by atoms with van der Waals surface area (Å²) in [6.07, 6.45) is 5.10. The summed E-state index contributed by atoms with van der Waals surface area (Å²) >= 11 is 0. The zero-order valence-corrected chi connectivity index (χ0v) is 11.9. The highest BCUT2D eigenvalue weighted by Gasteiger charge is 2.23. The van der Waals surface area contributed by atoms with Gasteiger partial charge in [0.15, 0.2) is 0 Å². The van der Waals surface area contributed by atoms with Crippen molar-refractivity contribution in [3.05, 3.63) is 29.8 Å². The van der Waals surface area contributed by atoms with Gasteiger partial charge in [-0.25, -0.2) is 0 Å². The molecule has 0 spiro atoms. The number of rotatable bonds is 5. The fraction of sp³-hybridized carbons (Fsp3) is 0.562. The summed E-state index contributed by atoms with van der Waals surface area (Å²) in [5.74, 6) is 0.686. The highest BCUT2D eigenvalue weighted by atomic mass is 16.1. The fourth-order valence-corrected chi connectivity index (χ4v) is 2.89. The molecule has 2 N–H and O–H groups in total. The molecule has 0 unspecified atom stereocenters. The molecule has 1 fully saturated rings. The molecule has 1 aromatic rings. The summed E-state index contributed by atoms with van der Waals surface area (Å²) in [5.41, 5.74) is 1.66. The minimum atomic E-state index is 0.0379. The van der Waals surface area contributed by atoms with Gasteiger partial charge in [-0.05, 0) is 44.7 Å². The lowest BCUT2D eigenvalue weighted by Crippen LogP contribution is -2.37. The standard InChI is InChI=1S/C16H24N2O/c1-3-17-15-11-7-6-10-14(15)16(19)18-12(2)13-8-4-5-9-13/h6-7,10-13,17H,3-5,8-9H2,1-2H3,(H,18,19)/t12-/m1/s1. The highest BCUT2D eigenvalue weighted by molar-refractivity contribution is 5.99. The van der Waals surface area contributed by atoms with E-state index in [1.807, 2.05) is 31.2 Å². The zero-order chi connectivity index (χ0) is 13.7. The van der Waals surface area contributed by atoms with E-state index in [0.717, 1.165) is 17.8 Å². The van der Waals surface area contributed by atoms with Gasteiger partial charge in [-0.3, -0.25) is 4.79 Å². The predicted molar refractivity (Wildman–Crippen MR) is 79.5 cm³/mol. The van der Waals surface area contributed by atoms with Crippen LogP contribution in [0, 0.1) is 5.92 Å². The lowest BCUT2D eigenvalue weighted by Gasteiger charge is -2.21. The number of carbonyl (C=O) groups is 1. The van der Waals surface area contributed by atoms with Gasteiger partial charge in [0.25, 0.3) is 5.91 Å². The summed E-state index contributed by atoms with van der Waals surface area (Å²) in [7, 11) is 0. The van der Waals surface area contributed by atoms with Gasteiger partial charge in [-0.1, -0.05) is 25.0 Å². The molecular weight excluding hydrogens is 236 g/mol. The van der Waals surface area contributed by atoms with Gasteiger partial charge in [0.1, 0.15) is 0 Å². The van der Waals surface area contributed by atoms with E-state index in [4.69, 9.17) is 0 Å². The molecule has 1 amide bonds. The first-order valence-electron chi connectivity index (χ1n) is 7.36. The van der Waals surface area contributed by atoms with Crippen LogP contribution in [0.5, 0.6) is 0 Å². The Bertz CT molecular complexity index is 425. The molecule has 1 saturated carbocycles. The molecule has 3 nitrogen and oxygen atoms in total. The van der Waals surface area contributed by atoms with E-state index < -0.39 is 0 Å². The average molecular weight is 260 g/mol. The second-order valence-corrected chi connectivity index (χ2v) is 5.38. The summed E-state index contributed by atoms with van der Waals surface area (Å²) < 4.78 is 0. The molecule has 1 aliphatic rings. The monoisotopic (exact) mass is 260 g/mol. The van der Waals surface area contributed by atoms with E-state index >= 15 is 0 Å². The number of para-hydroxylation sites is 1. The van der Waals surface area contributed by atoms with Crippen molar-refractivity contribution in [1.82, 2.24) is 5.32 Å². The Balaban J connectivity index is 2.02. The Morgan fingerprint density at radius 3 is 2.68 bits per heavy atom. The van der Waals surface area contributed by atoms with Crippen LogP contribution < -0.4 is 10.6 Å². The number of amides is 1. The third-order valence-electron chi connectivity index (χ3n) is 4.00. The zero-order valence-electron chi connectivity index (χ0n) is 11.9. The molecule has 19 heavy (non-hydrogen) atoms. The van der Waals surface area contributed by atoms with Crippen LogP contribution in [0.2, 0.25) is 0 Å². The van der Waals surface area contributed by atoms with Crippen LogP contribution in [0.4, 0.5) is 5.69 Å². The van der Waals surface area contributed by atoms with Crippen molar-refractivity contribution in [3.8, 4) is 0 Å². The van der Waals surface area contributed by atoms with Crippen LogP contribution in [-0.4, -0.2) is 18.5 Å². The molecule has 0 heterocycles. The second kappa shape index (κ2) is 6.60. The topological polar surface area (TPSA) is 41.1 Å². The summed E-state index contributed by atoms with van der Waals surface area (Å²) in [5, 5.41) is 6.40. The largest absolute Gasteiger partial charge is 0.385 e. The van der Waals surface area contributed by atoms with Crippen LogP contribution in [0.1, 0.15) is 49.9 Å². The van der Waals surface area contributed by atoms with Gasteiger partial charge >= 0.3 is 0 Å². The molecule has 1 aromatic carbocycles. The van der Waals surface area contributed by atoms with Gasteiger partial charge in [-0.2, -0.15) is 0 Å². The highest BCUT2D eigenvalue weighted by Crippen LogP contribution is 2.27. The van der Waals surface area contributed by atoms with Crippen molar-refractivity contribution in [2.45, 2.75) is 45.6 Å². The molecule has 3 heteroatoms. The first kappa shape index (κ1) is 13.9. The van der Waals surface area contributed by atoms with E-state index in [1.165, 1.54) is 25.7 Å². The van der Waals surface area contributed by atoms with Gasteiger partial charge in [0, 0.05) is 18.3 Å². The van der Waals surface area contributed by atoms with Crippen LogP contribution in [-0.2, 0) is 0 Å². The molecule has 1 atom stereocenters. The number of hydrogen-bond acceptors (Lipinski definition) is 2. The molecule has 0 saturated heterocycles. The van der Waals surface area contributed by atoms with Crippen molar-refractivity contribution < 1.29 is 4.79 Å². The van der Waals surface area contributed by atoms with Crippen molar-refractivity contribution in [2.75, 3.05) is 11.9 Å². The van der Waals surface area contributed by atoms with E-state index in [9.17, 15) is 4.79 Å². The molecule has 0 bridgehead atoms. The number of anilines is 1. The lowest BCUT2D eigenvalue weighted by molar-refractivity contribution is 0.0928. The predicted octanol–water partition coefficient (Wildman–Crippen LogP) is 3.43. The van der Waals surface area contributed by atoms with Crippen molar-refractivity contribution in [1.29, 1.82) is 0 Å². The minimum Gasteiger partial charge on any atom is -0.385 e. The normalized spacial score (nSPS) is 17.2. The molecule has 0 aliphatic heterocycles. The maximum atomic E-state index is 12.4. The first-order chi connectivity index (χ1) is 9.22. The Morgan fingerprint density at radius 2 is 2.00 bits per heavy atom. The Morgan fingerprint density at radius 1 is 1.32 bits per heavy atom. The summed E-state index contributed by atoms with van der Waals surface area (Å²) in [6, 6.07) is 7.98. The number of hydrogen-bond donors (Lipinski definition) is 2. The summed E-state index contributed by atoms with van der Waals surface area (Å²) in [4.78, 5) is 12.4. The van der Waals surface area contributed by atoms with E-state index in [1.54, 1.807) is 0 Å². The maximum absolute atomic E-state index is 12.4. The first-order valence-corrected chi connectivity index (χ1v) is 7.36. The Labute approximate surface area is 115 Å². The van der Waals surface area contributed by atoms with E-state index in [-0.39, 0.29) is 11.9 Å². The number of carbonyl (C=O) groups excluding carboxylic acids is 1. The summed E-state index contributed by atoms with van der Waals surface area (Å²) in [6.45, 7) is 4.99. The maximum Gasteiger partial charge on any atom is 0.253 e. The molecule has 0 radical (unpaired) electrons. The van der Waals surface area contributed by atoms with Crippen LogP contribution >= 0.6 is 0 Å². The second-order valence-electron chi connectivity index (χ2n) is 5.38. The quantitative estimate of drug-likeness (QED) is 0.851. The average Bonchev–Trinajstić information content (AvgIpc) is 2.93. The Hall–Kier alpha value is -1.51. The number of benzene rings is 1. The lowest BCUT2D eigenvalue weighted by atomic mass is 9.99. The fourth-order valence-electron chi connectivity index (χ4n) is 2.89. The third-order valence-corrected chi connectivity index (χ3v) is 4.00. The molecule has 0 aromatic heterocycles.